The van der Waals surface area contributed by atoms with Crippen LogP contribution < -0.4 is 20.1 Å². The van der Waals surface area contributed by atoms with E-state index in [-0.39, 0.29) is 5.91 Å². The summed E-state index contributed by atoms with van der Waals surface area (Å²) >= 11 is 6.29. The normalized spacial score (nSPS) is 17.1. The van der Waals surface area contributed by atoms with Crippen LogP contribution in [0.4, 0.5) is 0 Å². The van der Waals surface area contributed by atoms with Crippen molar-refractivity contribution < 1.29 is 14.3 Å². The maximum Gasteiger partial charge on any atom is 0.251 e. The molecule has 1 aromatic carbocycles. The molecule has 1 saturated heterocycles. The van der Waals surface area contributed by atoms with Gasteiger partial charge in [0.05, 0.1) is 18.7 Å². The number of halogens is 1. The van der Waals surface area contributed by atoms with Crippen LogP contribution in [0.2, 0.25) is 5.02 Å². The van der Waals surface area contributed by atoms with Gasteiger partial charge in [0.2, 0.25) is 0 Å². The van der Waals surface area contributed by atoms with Crippen molar-refractivity contribution in [2.24, 2.45) is 11.8 Å². The molecule has 1 atom stereocenters. The van der Waals surface area contributed by atoms with E-state index in [0.29, 0.717) is 47.1 Å². The Morgan fingerprint density at radius 1 is 1.46 bits per heavy atom. The Balaban J connectivity index is 1.98. The molecule has 134 valence electrons. The first-order valence-corrected chi connectivity index (χ1v) is 8.88. The predicted octanol–water partition coefficient (Wildman–Crippen LogP) is 3.11. The number of hydrogen-bond donors (Lipinski definition) is 2. The van der Waals surface area contributed by atoms with Gasteiger partial charge in [-0.1, -0.05) is 25.4 Å². The summed E-state index contributed by atoms with van der Waals surface area (Å²) in [6, 6.07) is 3.31. The minimum absolute atomic E-state index is 0.142. The summed E-state index contributed by atoms with van der Waals surface area (Å²) in [6.45, 7) is 7.43. The maximum atomic E-state index is 12.3. The highest BCUT2D eigenvalue weighted by Gasteiger charge is 2.17. The fourth-order valence-electron chi connectivity index (χ4n) is 2.69. The predicted molar refractivity (Wildman–Crippen MR) is 96.3 cm³/mol. The van der Waals surface area contributed by atoms with Crippen molar-refractivity contribution in [1.82, 2.24) is 10.6 Å². The SMILES string of the molecule is COc1cc(C(=O)NCCC2CCNC2)cc(Cl)c1OCC(C)C. The van der Waals surface area contributed by atoms with Crippen molar-refractivity contribution in [2.45, 2.75) is 26.7 Å². The molecule has 0 bridgehead atoms. The summed E-state index contributed by atoms with van der Waals surface area (Å²) in [7, 11) is 1.54. The van der Waals surface area contributed by atoms with E-state index in [9.17, 15) is 4.79 Å². The molecule has 1 amide bonds. The van der Waals surface area contributed by atoms with Crippen LogP contribution in [-0.2, 0) is 0 Å². The number of hydrogen-bond acceptors (Lipinski definition) is 4. The maximum absolute atomic E-state index is 12.3. The average Bonchev–Trinajstić information content (AvgIpc) is 3.06. The van der Waals surface area contributed by atoms with Crippen LogP contribution in [0.25, 0.3) is 0 Å². The summed E-state index contributed by atoms with van der Waals surface area (Å²) in [6.07, 6.45) is 2.16. The van der Waals surface area contributed by atoms with E-state index >= 15 is 0 Å². The second-order valence-corrected chi connectivity index (χ2v) is 7.00. The fourth-order valence-corrected chi connectivity index (χ4v) is 2.96. The third kappa shape index (κ3) is 5.28. The lowest BCUT2D eigenvalue weighted by Gasteiger charge is -2.15. The highest BCUT2D eigenvalue weighted by molar-refractivity contribution is 6.32. The Bertz CT molecular complexity index is 557. The molecule has 0 radical (unpaired) electrons. The molecule has 24 heavy (non-hydrogen) atoms. The second kappa shape index (κ2) is 9.14. The quantitative estimate of drug-likeness (QED) is 0.753. The van der Waals surface area contributed by atoms with Crippen LogP contribution in [0.3, 0.4) is 0 Å². The lowest BCUT2D eigenvalue weighted by atomic mass is 10.1. The molecule has 2 N–H and O–H groups in total. The number of benzene rings is 1. The fraction of sp³-hybridized carbons (Fsp3) is 0.611. The second-order valence-electron chi connectivity index (χ2n) is 6.60. The highest BCUT2D eigenvalue weighted by Crippen LogP contribution is 2.36. The summed E-state index contributed by atoms with van der Waals surface area (Å²) in [4.78, 5) is 12.3. The minimum Gasteiger partial charge on any atom is -0.493 e. The Morgan fingerprint density at radius 2 is 2.25 bits per heavy atom. The van der Waals surface area contributed by atoms with Crippen LogP contribution in [0.1, 0.15) is 37.0 Å². The molecule has 6 heteroatoms. The summed E-state index contributed by atoms with van der Waals surface area (Å²) in [5.74, 6) is 1.85. The third-order valence-corrected chi connectivity index (χ3v) is 4.33. The monoisotopic (exact) mass is 354 g/mol. The lowest BCUT2D eigenvalue weighted by molar-refractivity contribution is 0.0951. The largest absolute Gasteiger partial charge is 0.493 e. The number of amides is 1. The standard InChI is InChI=1S/C18H27ClN2O3/c1-12(2)11-24-17-15(19)8-14(9-16(17)23-3)18(22)21-7-5-13-4-6-20-10-13/h8-9,12-13,20H,4-7,10-11H2,1-3H3,(H,21,22). The number of carbonyl (C=O) groups excluding carboxylic acids is 1. The molecule has 2 rings (SSSR count). The van der Waals surface area contributed by atoms with Crippen LogP contribution >= 0.6 is 11.6 Å². The molecular weight excluding hydrogens is 328 g/mol. The van der Waals surface area contributed by atoms with Gasteiger partial charge in [-0.2, -0.15) is 0 Å². The smallest absolute Gasteiger partial charge is 0.251 e. The van der Waals surface area contributed by atoms with Gasteiger partial charge in [-0.15, -0.1) is 0 Å². The number of rotatable bonds is 8. The van der Waals surface area contributed by atoms with Gasteiger partial charge >= 0.3 is 0 Å². The molecule has 0 aliphatic carbocycles. The zero-order valence-corrected chi connectivity index (χ0v) is 15.4. The zero-order valence-electron chi connectivity index (χ0n) is 14.7. The summed E-state index contributed by atoms with van der Waals surface area (Å²) < 4.78 is 11.0. The molecule has 0 spiro atoms. The summed E-state index contributed by atoms with van der Waals surface area (Å²) in [5.41, 5.74) is 0.485. The Labute approximate surface area is 149 Å². The first kappa shape index (κ1) is 18.9. The molecule has 1 fully saturated rings. The zero-order chi connectivity index (χ0) is 17.5. The topological polar surface area (TPSA) is 59.6 Å². The van der Waals surface area contributed by atoms with E-state index in [0.717, 1.165) is 19.5 Å². The number of ether oxygens (including phenoxy) is 2. The molecule has 1 aliphatic heterocycles. The molecule has 1 unspecified atom stereocenters. The van der Waals surface area contributed by atoms with Gasteiger partial charge in [0, 0.05) is 12.1 Å². The Hall–Kier alpha value is -1.46. The van der Waals surface area contributed by atoms with Gasteiger partial charge in [-0.3, -0.25) is 4.79 Å². The Morgan fingerprint density at radius 3 is 2.88 bits per heavy atom. The molecule has 0 aromatic heterocycles. The van der Waals surface area contributed by atoms with Gasteiger partial charge in [-0.05, 0) is 49.9 Å². The van der Waals surface area contributed by atoms with Crippen LogP contribution in [0.5, 0.6) is 11.5 Å². The molecule has 1 heterocycles. The average molecular weight is 355 g/mol. The van der Waals surface area contributed by atoms with E-state index in [1.54, 1.807) is 19.2 Å². The van der Waals surface area contributed by atoms with Crippen molar-refractivity contribution >= 4 is 17.5 Å². The van der Waals surface area contributed by atoms with Crippen molar-refractivity contribution in [3.63, 3.8) is 0 Å². The lowest BCUT2D eigenvalue weighted by Crippen LogP contribution is -2.26. The van der Waals surface area contributed by atoms with Crippen LogP contribution in [-0.4, -0.2) is 39.3 Å². The summed E-state index contributed by atoms with van der Waals surface area (Å²) in [5, 5.41) is 6.67. The van der Waals surface area contributed by atoms with Gasteiger partial charge in [0.1, 0.15) is 0 Å². The number of carbonyl (C=O) groups is 1. The van der Waals surface area contributed by atoms with E-state index in [1.165, 1.54) is 6.42 Å². The Kier molecular flexibility index (Phi) is 7.18. The first-order chi connectivity index (χ1) is 11.5. The minimum atomic E-state index is -0.142. The number of methoxy groups -OCH3 is 1. The van der Waals surface area contributed by atoms with E-state index in [4.69, 9.17) is 21.1 Å². The van der Waals surface area contributed by atoms with E-state index in [2.05, 4.69) is 24.5 Å². The van der Waals surface area contributed by atoms with E-state index in [1.807, 2.05) is 0 Å². The first-order valence-electron chi connectivity index (χ1n) is 8.50. The van der Waals surface area contributed by atoms with Crippen molar-refractivity contribution in [3.05, 3.63) is 22.7 Å². The van der Waals surface area contributed by atoms with Crippen LogP contribution in [0.15, 0.2) is 12.1 Å². The van der Waals surface area contributed by atoms with E-state index < -0.39 is 0 Å². The van der Waals surface area contributed by atoms with Crippen molar-refractivity contribution in [2.75, 3.05) is 33.4 Å². The third-order valence-electron chi connectivity index (χ3n) is 4.05. The molecule has 1 aliphatic rings. The van der Waals surface area contributed by atoms with Crippen LogP contribution in [0, 0.1) is 11.8 Å². The van der Waals surface area contributed by atoms with Gasteiger partial charge in [0.25, 0.3) is 5.91 Å². The molecule has 1 aromatic rings. The molecule has 0 saturated carbocycles. The van der Waals surface area contributed by atoms with Crippen molar-refractivity contribution in [1.29, 1.82) is 0 Å². The van der Waals surface area contributed by atoms with Gasteiger partial charge < -0.3 is 20.1 Å². The number of nitrogens with one attached hydrogen (secondary N) is 2. The van der Waals surface area contributed by atoms with Gasteiger partial charge in [0.15, 0.2) is 11.5 Å². The van der Waals surface area contributed by atoms with Crippen molar-refractivity contribution in [3.8, 4) is 11.5 Å². The highest BCUT2D eigenvalue weighted by atomic mass is 35.5. The van der Waals surface area contributed by atoms with Gasteiger partial charge in [-0.25, -0.2) is 0 Å². The molecular formula is C18H27ClN2O3. The molecule has 5 nitrogen and oxygen atoms in total.